The minimum atomic E-state index is -0.0913. The van der Waals surface area contributed by atoms with Crippen LogP contribution in [0.25, 0.3) is 23.0 Å². The molecule has 0 fully saturated rings. The summed E-state index contributed by atoms with van der Waals surface area (Å²) in [5.41, 5.74) is 4.35. The number of benzene rings is 2. The number of fused-ring (bicyclic) bond motifs is 1. The van der Waals surface area contributed by atoms with Gasteiger partial charge in [-0.1, -0.05) is 30.3 Å². The van der Waals surface area contributed by atoms with Crippen LogP contribution in [-0.4, -0.2) is 45.3 Å². The van der Waals surface area contributed by atoms with E-state index in [1.165, 1.54) is 0 Å². The van der Waals surface area contributed by atoms with Gasteiger partial charge in [-0.2, -0.15) is 5.10 Å². The van der Waals surface area contributed by atoms with Gasteiger partial charge in [0.2, 0.25) is 5.91 Å². The third kappa shape index (κ3) is 4.94. The first-order valence-corrected chi connectivity index (χ1v) is 11.6. The average molecular weight is 467 g/mol. The van der Waals surface area contributed by atoms with Crippen molar-refractivity contribution >= 4 is 12.0 Å². The van der Waals surface area contributed by atoms with E-state index in [4.69, 9.17) is 14.6 Å². The van der Waals surface area contributed by atoms with Crippen molar-refractivity contribution < 1.29 is 14.3 Å². The van der Waals surface area contributed by atoms with Crippen molar-refractivity contribution in [2.45, 2.75) is 13.5 Å². The Morgan fingerprint density at radius 3 is 2.71 bits per heavy atom. The first kappa shape index (κ1) is 22.4. The van der Waals surface area contributed by atoms with Crippen molar-refractivity contribution in [3.8, 4) is 28.4 Å². The first-order valence-electron chi connectivity index (χ1n) is 11.6. The quantitative estimate of drug-likeness (QED) is 0.367. The number of carbonyl (C=O) groups is 1. The Kier molecular flexibility index (Phi) is 6.57. The fourth-order valence-corrected chi connectivity index (χ4v) is 4.03. The zero-order valence-electron chi connectivity index (χ0n) is 19.5. The van der Waals surface area contributed by atoms with Crippen LogP contribution in [0.2, 0.25) is 0 Å². The van der Waals surface area contributed by atoms with Gasteiger partial charge in [-0.3, -0.25) is 9.78 Å². The normalized spacial score (nSPS) is 12.6. The van der Waals surface area contributed by atoms with Gasteiger partial charge in [-0.25, -0.2) is 4.68 Å². The highest BCUT2D eigenvalue weighted by Gasteiger charge is 2.19. The summed E-state index contributed by atoms with van der Waals surface area (Å²) < 4.78 is 13.3. The van der Waals surface area contributed by atoms with Gasteiger partial charge in [-0.05, 0) is 43.3 Å². The lowest BCUT2D eigenvalue weighted by Crippen LogP contribution is -2.29. The molecular weight excluding hydrogens is 440 g/mol. The van der Waals surface area contributed by atoms with Gasteiger partial charge in [0.05, 0.1) is 5.69 Å². The molecule has 1 amide bonds. The molecule has 35 heavy (non-hydrogen) atoms. The zero-order chi connectivity index (χ0) is 24.0. The largest absolute Gasteiger partial charge is 0.486 e. The van der Waals surface area contributed by atoms with Crippen LogP contribution in [0.5, 0.6) is 11.5 Å². The fourth-order valence-electron chi connectivity index (χ4n) is 4.03. The maximum atomic E-state index is 13.2. The molecule has 3 heterocycles. The lowest BCUT2D eigenvalue weighted by Gasteiger charge is -2.24. The van der Waals surface area contributed by atoms with Crippen molar-refractivity contribution in [2.24, 2.45) is 0 Å². The van der Waals surface area contributed by atoms with Crippen LogP contribution in [0.1, 0.15) is 18.1 Å². The standard InChI is InChI=1S/C28H26N4O3/c1-2-31(19-23-8-6-12-25-28(23)35-17-16-34-25)26(33)14-13-22-20-32(24-10-4-3-5-11-24)30-27(22)21-9-7-15-29-18-21/h3-15,18,20H,2,16-17,19H2,1H3/b14-13+. The summed E-state index contributed by atoms with van der Waals surface area (Å²) in [6.45, 7) is 4.00. The summed E-state index contributed by atoms with van der Waals surface area (Å²) in [6.07, 6.45) is 8.85. The van der Waals surface area contributed by atoms with E-state index in [9.17, 15) is 4.79 Å². The number of rotatable bonds is 7. The van der Waals surface area contributed by atoms with Gasteiger partial charge >= 0.3 is 0 Å². The molecule has 1 aliphatic heterocycles. The third-order valence-electron chi connectivity index (χ3n) is 5.81. The maximum absolute atomic E-state index is 13.2. The summed E-state index contributed by atoms with van der Waals surface area (Å²) in [5.74, 6) is 1.35. The number of pyridine rings is 1. The Labute approximate surface area is 204 Å². The smallest absolute Gasteiger partial charge is 0.246 e. The highest BCUT2D eigenvalue weighted by atomic mass is 16.6. The van der Waals surface area contributed by atoms with Crippen molar-refractivity contribution in [1.29, 1.82) is 0 Å². The molecule has 0 bridgehead atoms. The molecule has 4 aromatic rings. The molecule has 7 heteroatoms. The van der Waals surface area contributed by atoms with Crippen LogP contribution < -0.4 is 9.47 Å². The van der Waals surface area contributed by atoms with Gasteiger partial charge in [0.15, 0.2) is 11.5 Å². The van der Waals surface area contributed by atoms with E-state index in [-0.39, 0.29) is 5.91 Å². The molecule has 0 saturated heterocycles. The van der Waals surface area contributed by atoms with Crippen molar-refractivity contribution in [2.75, 3.05) is 19.8 Å². The van der Waals surface area contributed by atoms with Gasteiger partial charge < -0.3 is 14.4 Å². The van der Waals surface area contributed by atoms with Crippen LogP contribution in [0.15, 0.2) is 85.3 Å². The second-order valence-corrected chi connectivity index (χ2v) is 8.08. The predicted molar refractivity (Wildman–Crippen MR) is 134 cm³/mol. The van der Waals surface area contributed by atoms with Crippen LogP contribution in [-0.2, 0) is 11.3 Å². The molecule has 0 aliphatic carbocycles. The lowest BCUT2D eigenvalue weighted by atomic mass is 10.1. The number of amides is 1. The minimum Gasteiger partial charge on any atom is -0.486 e. The Bertz CT molecular complexity index is 1330. The SMILES string of the molecule is CCN(Cc1cccc2c1OCCO2)C(=O)/C=C/c1cn(-c2ccccc2)nc1-c1cccnc1. The van der Waals surface area contributed by atoms with E-state index in [2.05, 4.69) is 4.98 Å². The van der Waals surface area contributed by atoms with Crippen LogP contribution in [0.3, 0.4) is 0 Å². The molecule has 7 nitrogen and oxygen atoms in total. The van der Waals surface area contributed by atoms with Crippen molar-refractivity contribution in [3.63, 3.8) is 0 Å². The second kappa shape index (κ2) is 10.3. The summed E-state index contributed by atoms with van der Waals surface area (Å²) in [7, 11) is 0. The zero-order valence-corrected chi connectivity index (χ0v) is 19.5. The Hall–Kier alpha value is -4.39. The number of carbonyl (C=O) groups excluding carboxylic acids is 1. The highest BCUT2D eigenvalue weighted by Crippen LogP contribution is 2.34. The maximum Gasteiger partial charge on any atom is 0.246 e. The summed E-state index contributed by atoms with van der Waals surface area (Å²) in [4.78, 5) is 19.2. The van der Waals surface area contributed by atoms with Gasteiger partial charge in [0.1, 0.15) is 18.9 Å². The molecule has 0 radical (unpaired) electrons. The van der Waals surface area contributed by atoms with Crippen LogP contribution in [0.4, 0.5) is 0 Å². The summed E-state index contributed by atoms with van der Waals surface area (Å²) in [6, 6.07) is 19.5. The number of ether oxygens (including phenoxy) is 2. The van der Waals surface area contributed by atoms with Gasteiger partial charge in [0, 0.05) is 54.4 Å². The number of hydrogen-bond donors (Lipinski definition) is 0. The molecule has 1 aliphatic rings. The van der Waals surface area contributed by atoms with E-state index in [0.717, 1.165) is 39.6 Å². The molecule has 176 valence electrons. The van der Waals surface area contributed by atoms with Crippen molar-refractivity contribution in [1.82, 2.24) is 19.7 Å². The first-order chi connectivity index (χ1) is 17.2. The molecule has 5 rings (SSSR count). The molecule has 0 unspecified atom stereocenters. The number of para-hydroxylation sites is 2. The molecule has 0 saturated carbocycles. The van der Waals surface area contributed by atoms with E-state index in [0.29, 0.717) is 26.3 Å². The van der Waals surface area contributed by atoms with Crippen LogP contribution >= 0.6 is 0 Å². The molecule has 2 aromatic heterocycles. The Morgan fingerprint density at radius 2 is 1.91 bits per heavy atom. The third-order valence-corrected chi connectivity index (χ3v) is 5.81. The number of aromatic nitrogens is 3. The Balaban J connectivity index is 1.41. The highest BCUT2D eigenvalue weighted by molar-refractivity contribution is 5.93. The monoisotopic (exact) mass is 466 g/mol. The summed E-state index contributed by atoms with van der Waals surface area (Å²) >= 11 is 0. The lowest BCUT2D eigenvalue weighted by molar-refractivity contribution is -0.126. The van der Waals surface area contributed by atoms with E-state index in [1.807, 2.05) is 84.5 Å². The summed E-state index contributed by atoms with van der Waals surface area (Å²) in [5, 5.41) is 4.78. The fraction of sp³-hybridized carbons (Fsp3) is 0.179. The van der Waals surface area contributed by atoms with E-state index < -0.39 is 0 Å². The minimum absolute atomic E-state index is 0.0913. The van der Waals surface area contributed by atoms with Crippen LogP contribution in [0, 0.1) is 0 Å². The average Bonchev–Trinajstić information content (AvgIpc) is 3.36. The predicted octanol–water partition coefficient (Wildman–Crippen LogP) is 4.77. The topological polar surface area (TPSA) is 69.5 Å². The number of nitrogens with zero attached hydrogens (tertiary/aromatic N) is 4. The Morgan fingerprint density at radius 1 is 1.06 bits per heavy atom. The molecule has 0 N–H and O–H groups in total. The number of likely N-dealkylation sites (N-methyl/N-ethyl adjacent to an activating group) is 1. The molecule has 0 atom stereocenters. The molecular formula is C28H26N4O3. The van der Waals surface area contributed by atoms with E-state index >= 15 is 0 Å². The number of hydrogen-bond acceptors (Lipinski definition) is 5. The van der Waals surface area contributed by atoms with Gasteiger partial charge in [0.25, 0.3) is 0 Å². The van der Waals surface area contributed by atoms with E-state index in [1.54, 1.807) is 23.4 Å². The van der Waals surface area contributed by atoms with Gasteiger partial charge in [-0.15, -0.1) is 0 Å². The molecule has 2 aromatic carbocycles. The van der Waals surface area contributed by atoms with Crippen molar-refractivity contribution in [3.05, 3.63) is 96.5 Å². The second-order valence-electron chi connectivity index (χ2n) is 8.08. The molecule has 0 spiro atoms.